The molecule has 0 unspecified atom stereocenters. The van der Waals surface area contributed by atoms with Crippen LogP contribution in [0.5, 0.6) is 5.75 Å². The molecule has 2 aromatic rings. The van der Waals surface area contributed by atoms with Crippen LogP contribution in [0, 0.1) is 12.7 Å². The monoisotopic (exact) mass is 390 g/mol. The quantitative estimate of drug-likeness (QED) is 0.448. The molecule has 2 rings (SSSR count). The molecule has 2 aromatic carbocycles. The molecule has 0 fully saturated rings. The Balaban J connectivity index is 1.98. The number of nitrogens with one attached hydrogen (secondary N) is 1. The highest BCUT2D eigenvalue weighted by molar-refractivity contribution is 5.87. The van der Waals surface area contributed by atoms with Gasteiger partial charge in [0, 0.05) is 12.3 Å². The number of carboxylic acids is 1. The van der Waals surface area contributed by atoms with E-state index in [9.17, 15) is 13.6 Å². The first-order chi connectivity index (χ1) is 13.4. The van der Waals surface area contributed by atoms with Crippen LogP contribution in [0.2, 0.25) is 0 Å². The van der Waals surface area contributed by atoms with Crippen molar-refractivity contribution in [3.63, 3.8) is 0 Å². The first-order valence-electron chi connectivity index (χ1n) is 8.26. The van der Waals surface area contributed by atoms with Gasteiger partial charge < -0.3 is 15.6 Å². The van der Waals surface area contributed by atoms with Gasteiger partial charge in [-0.15, -0.1) is 0 Å². The van der Waals surface area contributed by atoms with E-state index in [1.54, 1.807) is 13.0 Å². The average Bonchev–Trinajstić information content (AvgIpc) is 2.68. The number of aromatic carboxylic acids is 1. The molecule has 0 aromatic heterocycles. The number of carboxylic acid groups (broad SMARTS) is 1. The standard InChI is InChI=1S/C20H20F2N2O4/c1-13-8-14(20(25)26)2-3-15(13)11-28-24-18(9-17(22)10-23)12-27-19-6-4-16(21)5-7-19/h2-10,24H,11-12,23H2,1H3,(H,25,26)/b17-10+,18-9+. The molecule has 0 spiro atoms. The largest absolute Gasteiger partial charge is 0.487 e. The van der Waals surface area contributed by atoms with E-state index in [1.165, 1.54) is 36.4 Å². The average molecular weight is 390 g/mol. The van der Waals surface area contributed by atoms with E-state index in [1.807, 2.05) is 0 Å². The lowest BCUT2D eigenvalue weighted by atomic mass is 10.1. The number of carbonyl (C=O) groups is 1. The minimum absolute atomic E-state index is 0.0795. The van der Waals surface area contributed by atoms with Gasteiger partial charge in [-0.3, -0.25) is 10.3 Å². The van der Waals surface area contributed by atoms with E-state index in [2.05, 4.69) is 5.48 Å². The topological polar surface area (TPSA) is 93.8 Å². The van der Waals surface area contributed by atoms with Crippen LogP contribution in [0.3, 0.4) is 0 Å². The molecule has 0 amide bonds. The van der Waals surface area contributed by atoms with Crippen molar-refractivity contribution < 1.29 is 28.3 Å². The summed E-state index contributed by atoms with van der Waals surface area (Å²) in [6.07, 6.45) is 1.89. The number of nitrogens with two attached hydrogens (primary N) is 1. The molecule has 6 nitrogen and oxygen atoms in total. The highest BCUT2D eigenvalue weighted by atomic mass is 19.1. The molecule has 0 bridgehead atoms. The van der Waals surface area contributed by atoms with E-state index in [4.69, 9.17) is 20.4 Å². The molecule has 4 N–H and O–H groups in total. The summed E-state index contributed by atoms with van der Waals surface area (Å²) in [7, 11) is 0. The van der Waals surface area contributed by atoms with Gasteiger partial charge in [0.15, 0.2) is 0 Å². The van der Waals surface area contributed by atoms with Gasteiger partial charge in [-0.05, 0) is 54.4 Å². The number of hydrogen-bond acceptors (Lipinski definition) is 5. The molecule has 8 heteroatoms. The van der Waals surface area contributed by atoms with Gasteiger partial charge in [0.25, 0.3) is 0 Å². The van der Waals surface area contributed by atoms with Gasteiger partial charge in [0.2, 0.25) is 0 Å². The predicted octanol–water partition coefficient (Wildman–Crippen LogP) is 3.59. The number of ether oxygens (including phenoxy) is 1. The second-order valence-corrected chi connectivity index (χ2v) is 5.80. The van der Waals surface area contributed by atoms with Gasteiger partial charge >= 0.3 is 5.97 Å². The number of hydrogen-bond donors (Lipinski definition) is 3. The molecule has 148 valence electrons. The summed E-state index contributed by atoms with van der Waals surface area (Å²) in [6.45, 7) is 1.79. The van der Waals surface area contributed by atoms with Crippen molar-refractivity contribution in [2.24, 2.45) is 5.73 Å². The molecule has 0 radical (unpaired) electrons. The minimum Gasteiger partial charge on any atom is -0.487 e. The lowest BCUT2D eigenvalue weighted by molar-refractivity contribution is 0.0425. The Morgan fingerprint density at radius 1 is 1.25 bits per heavy atom. The molecule has 0 heterocycles. The summed E-state index contributed by atoms with van der Waals surface area (Å²) in [4.78, 5) is 16.3. The fraction of sp³-hybridized carbons (Fsp3) is 0.150. The normalized spacial score (nSPS) is 12.0. The molecule has 28 heavy (non-hydrogen) atoms. The van der Waals surface area contributed by atoms with Crippen LogP contribution >= 0.6 is 0 Å². The maximum Gasteiger partial charge on any atom is 0.335 e. The maximum absolute atomic E-state index is 13.5. The smallest absolute Gasteiger partial charge is 0.335 e. The molecule has 0 aliphatic heterocycles. The Hall–Kier alpha value is -3.39. The Morgan fingerprint density at radius 2 is 1.96 bits per heavy atom. The van der Waals surface area contributed by atoms with Crippen molar-refractivity contribution in [1.82, 2.24) is 5.48 Å². The minimum atomic E-state index is -1.01. The Morgan fingerprint density at radius 3 is 2.57 bits per heavy atom. The number of benzene rings is 2. The van der Waals surface area contributed by atoms with Crippen molar-refractivity contribution in [2.75, 3.05) is 6.61 Å². The molecule has 0 aliphatic carbocycles. The molecule has 0 saturated heterocycles. The van der Waals surface area contributed by atoms with Crippen LogP contribution in [0.25, 0.3) is 0 Å². The molecular weight excluding hydrogens is 370 g/mol. The van der Waals surface area contributed by atoms with Gasteiger partial charge in [0.05, 0.1) is 17.9 Å². The van der Waals surface area contributed by atoms with Crippen LogP contribution in [-0.4, -0.2) is 17.7 Å². The summed E-state index contributed by atoms with van der Waals surface area (Å²) in [5.41, 5.74) is 9.64. The van der Waals surface area contributed by atoms with Gasteiger partial charge in [-0.2, -0.15) is 0 Å². The highest BCUT2D eigenvalue weighted by Crippen LogP contribution is 2.14. The lowest BCUT2D eigenvalue weighted by Crippen LogP contribution is -2.20. The van der Waals surface area contributed by atoms with Crippen molar-refractivity contribution in [3.8, 4) is 5.75 Å². The number of rotatable bonds is 9. The number of allylic oxidation sites excluding steroid dienone is 2. The third kappa shape index (κ3) is 6.40. The van der Waals surface area contributed by atoms with Gasteiger partial charge in [-0.1, -0.05) is 6.07 Å². The third-order valence-corrected chi connectivity index (χ3v) is 3.70. The Kier molecular flexibility index (Phi) is 7.53. The van der Waals surface area contributed by atoms with E-state index < -0.39 is 17.6 Å². The van der Waals surface area contributed by atoms with Crippen molar-refractivity contribution in [1.29, 1.82) is 0 Å². The van der Waals surface area contributed by atoms with Crippen LogP contribution in [0.1, 0.15) is 21.5 Å². The predicted molar refractivity (Wildman–Crippen MR) is 99.4 cm³/mol. The zero-order valence-corrected chi connectivity index (χ0v) is 15.1. The lowest BCUT2D eigenvalue weighted by Gasteiger charge is -2.13. The number of hydroxylamine groups is 1. The first kappa shape index (κ1) is 20.9. The Labute approximate surface area is 160 Å². The fourth-order valence-corrected chi connectivity index (χ4v) is 2.20. The van der Waals surface area contributed by atoms with E-state index >= 15 is 0 Å². The molecule has 0 atom stereocenters. The van der Waals surface area contributed by atoms with E-state index in [-0.39, 0.29) is 24.5 Å². The van der Waals surface area contributed by atoms with Gasteiger partial charge in [0.1, 0.15) is 24.0 Å². The summed E-state index contributed by atoms with van der Waals surface area (Å²) >= 11 is 0. The SMILES string of the molecule is Cc1cc(C(=O)O)ccc1CON/C(=C/C(F)=C\N)COc1ccc(F)cc1. The summed E-state index contributed by atoms with van der Waals surface area (Å²) in [6, 6.07) is 10.0. The van der Waals surface area contributed by atoms with E-state index in [0.717, 1.165) is 23.4 Å². The van der Waals surface area contributed by atoms with Crippen LogP contribution < -0.4 is 16.0 Å². The number of aryl methyl sites for hydroxylation is 1. The first-order valence-corrected chi connectivity index (χ1v) is 8.26. The molecule has 0 saturated carbocycles. The van der Waals surface area contributed by atoms with Gasteiger partial charge in [-0.25, -0.2) is 13.6 Å². The number of halogens is 2. The zero-order chi connectivity index (χ0) is 20.5. The third-order valence-electron chi connectivity index (χ3n) is 3.70. The van der Waals surface area contributed by atoms with Crippen LogP contribution in [0.15, 0.2) is 66.3 Å². The van der Waals surface area contributed by atoms with Crippen molar-refractivity contribution in [3.05, 3.63) is 88.8 Å². The van der Waals surface area contributed by atoms with Crippen LogP contribution in [-0.2, 0) is 11.4 Å². The second-order valence-electron chi connectivity index (χ2n) is 5.80. The zero-order valence-electron chi connectivity index (χ0n) is 15.1. The van der Waals surface area contributed by atoms with Crippen molar-refractivity contribution >= 4 is 5.97 Å². The fourth-order valence-electron chi connectivity index (χ4n) is 2.20. The highest BCUT2D eigenvalue weighted by Gasteiger charge is 2.07. The maximum atomic E-state index is 13.5. The molecular formula is C20H20F2N2O4. The van der Waals surface area contributed by atoms with Crippen LogP contribution in [0.4, 0.5) is 8.78 Å². The second kappa shape index (κ2) is 10.1. The van der Waals surface area contributed by atoms with E-state index in [0.29, 0.717) is 5.75 Å². The summed E-state index contributed by atoms with van der Waals surface area (Å²) in [5.74, 6) is -1.71. The summed E-state index contributed by atoms with van der Waals surface area (Å²) in [5, 5.41) is 8.99. The Bertz CT molecular complexity index is 880. The molecule has 0 aliphatic rings. The summed E-state index contributed by atoms with van der Waals surface area (Å²) < 4.78 is 31.9. The van der Waals surface area contributed by atoms with Crippen molar-refractivity contribution in [2.45, 2.75) is 13.5 Å².